The molecule has 0 saturated heterocycles. The van der Waals surface area contributed by atoms with E-state index in [0.29, 0.717) is 23.7 Å². The third-order valence-corrected chi connectivity index (χ3v) is 3.58. The van der Waals surface area contributed by atoms with Crippen LogP contribution in [0.5, 0.6) is 5.75 Å². The molecule has 0 aliphatic rings. The Morgan fingerprint density at radius 1 is 1.38 bits per heavy atom. The first-order chi connectivity index (χ1) is 9.90. The number of hydrogen-bond donors (Lipinski definition) is 2. The van der Waals surface area contributed by atoms with Crippen molar-refractivity contribution in [3.63, 3.8) is 0 Å². The number of carbonyl (C=O) groups excluding carboxylic acids is 1. The van der Waals surface area contributed by atoms with Gasteiger partial charge in [-0.2, -0.15) is 0 Å². The fraction of sp³-hybridized carbons (Fsp3) is 0.533. The summed E-state index contributed by atoms with van der Waals surface area (Å²) in [6.07, 6.45) is 0. The number of nitrogens with two attached hydrogens (primary N) is 1. The number of ether oxygens (including phenoxy) is 2. The van der Waals surface area contributed by atoms with Gasteiger partial charge in [0.05, 0.1) is 25.4 Å². The number of nitrogens with one attached hydrogen (secondary N) is 1. The van der Waals surface area contributed by atoms with Crippen LogP contribution in [0.3, 0.4) is 0 Å². The third-order valence-electron chi connectivity index (χ3n) is 3.58. The van der Waals surface area contributed by atoms with Crippen molar-refractivity contribution in [2.24, 2.45) is 0 Å². The number of nitrogen functional groups attached to an aromatic ring is 1. The van der Waals surface area contributed by atoms with Crippen LogP contribution in [0.4, 0.5) is 11.4 Å². The Morgan fingerprint density at radius 3 is 2.62 bits per heavy atom. The second kappa shape index (κ2) is 7.85. The molecule has 118 valence electrons. The van der Waals surface area contributed by atoms with E-state index >= 15 is 0 Å². The zero-order chi connectivity index (χ0) is 16.0. The Kier molecular flexibility index (Phi) is 6.45. The lowest BCUT2D eigenvalue weighted by Gasteiger charge is -2.29. The number of benzene rings is 1. The van der Waals surface area contributed by atoms with Crippen LogP contribution in [0.2, 0.25) is 0 Å². The van der Waals surface area contributed by atoms with Crippen molar-refractivity contribution in [3.8, 4) is 5.75 Å². The van der Waals surface area contributed by atoms with Gasteiger partial charge >= 0.3 is 0 Å². The molecule has 0 heterocycles. The third kappa shape index (κ3) is 4.61. The number of hydrogen-bond acceptors (Lipinski definition) is 5. The highest BCUT2D eigenvalue weighted by Crippen LogP contribution is 2.26. The van der Waals surface area contributed by atoms with Crippen molar-refractivity contribution in [1.29, 1.82) is 0 Å². The predicted molar refractivity (Wildman–Crippen MR) is 84.6 cm³/mol. The number of rotatable bonds is 7. The van der Waals surface area contributed by atoms with Gasteiger partial charge in [0.2, 0.25) is 5.91 Å². The maximum atomic E-state index is 12.3. The van der Waals surface area contributed by atoms with Gasteiger partial charge in [0.1, 0.15) is 5.75 Å². The second-order valence-electron chi connectivity index (χ2n) is 5.09. The summed E-state index contributed by atoms with van der Waals surface area (Å²) in [7, 11) is 5.09. The average Bonchev–Trinajstić information content (AvgIpc) is 2.47. The number of nitrogens with zero attached hydrogens (tertiary/aromatic N) is 1. The summed E-state index contributed by atoms with van der Waals surface area (Å²) in [4.78, 5) is 14.3. The van der Waals surface area contributed by atoms with Crippen LogP contribution in [-0.2, 0) is 9.53 Å². The molecule has 1 amide bonds. The molecule has 6 heteroatoms. The van der Waals surface area contributed by atoms with Gasteiger partial charge in [-0.05, 0) is 33.0 Å². The molecule has 0 radical (unpaired) electrons. The SMILES string of the molecule is COCC(C)N(C)C(C)C(=O)Nc1ccc(N)cc1OC. The molecule has 1 rings (SSSR count). The molecule has 1 aromatic rings. The summed E-state index contributed by atoms with van der Waals surface area (Å²) in [6, 6.07) is 4.98. The minimum atomic E-state index is -0.294. The van der Waals surface area contributed by atoms with E-state index in [4.69, 9.17) is 15.2 Å². The lowest BCUT2D eigenvalue weighted by atomic mass is 10.2. The first kappa shape index (κ1) is 17.3. The Balaban J connectivity index is 2.76. The Hall–Kier alpha value is -1.79. The summed E-state index contributed by atoms with van der Waals surface area (Å²) in [5.74, 6) is 0.437. The standard InChI is InChI=1S/C15H25N3O3/c1-10(9-20-4)18(3)11(2)15(19)17-13-7-6-12(16)8-14(13)21-5/h6-8,10-11H,9,16H2,1-5H3,(H,17,19). The van der Waals surface area contributed by atoms with E-state index < -0.39 is 0 Å². The van der Waals surface area contributed by atoms with Gasteiger partial charge in [0.25, 0.3) is 0 Å². The fourth-order valence-electron chi connectivity index (χ4n) is 1.97. The van der Waals surface area contributed by atoms with Crippen LogP contribution in [-0.4, -0.2) is 50.8 Å². The van der Waals surface area contributed by atoms with Gasteiger partial charge in [-0.15, -0.1) is 0 Å². The monoisotopic (exact) mass is 295 g/mol. The summed E-state index contributed by atoms with van der Waals surface area (Å²) < 4.78 is 10.3. The maximum absolute atomic E-state index is 12.3. The first-order valence-electron chi connectivity index (χ1n) is 6.86. The Bertz CT molecular complexity index is 479. The Labute approximate surface area is 126 Å². The molecule has 0 aromatic heterocycles. The van der Waals surface area contributed by atoms with Crippen LogP contribution in [0.25, 0.3) is 0 Å². The minimum Gasteiger partial charge on any atom is -0.494 e. The summed E-state index contributed by atoms with van der Waals surface area (Å²) in [5.41, 5.74) is 6.89. The van der Waals surface area contributed by atoms with Crippen molar-refractivity contribution < 1.29 is 14.3 Å². The molecule has 0 bridgehead atoms. The smallest absolute Gasteiger partial charge is 0.241 e. The molecule has 6 nitrogen and oxygen atoms in total. The van der Waals surface area contributed by atoms with Gasteiger partial charge < -0.3 is 20.5 Å². The van der Waals surface area contributed by atoms with Gasteiger partial charge in [0, 0.05) is 24.9 Å². The number of anilines is 2. The first-order valence-corrected chi connectivity index (χ1v) is 6.86. The van der Waals surface area contributed by atoms with Crippen molar-refractivity contribution in [1.82, 2.24) is 4.90 Å². The predicted octanol–water partition coefficient (Wildman–Crippen LogP) is 1.57. The second-order valence-corrected chi connectivity index (χ2v) is 5.09. The molecule has 2 unspecified atom stereocenters. The lowest BCUT2D eigenvalue weighted by molar-refractivity contribution is -0.121. The van der Waals surface area contributed by atoms with Gasteiger partial charge in [-0.25, -0.2) is 0 Å². The molecule has 0 aliphatic heterocycles. The molecule has 2 atom stereocenters. The number of amides is 1. The topological polar surface area (TPSA) is 76.8 Å². The lowest BCUT2D eigenvalue weighted by Crippen LogP contribution is -2.45. The van der Waals surface area contributed by atoms with Crippen molar-refractivity contribution >= 4 is 17.3 Å². The zero-order valence-corrected chi connectivity index (χ0v) is 13.3. The van der Waals surface area contributed by atoms with Crippen LogP contribution >= 0.6 is 0 Å². The van der Waals surface area contributed by atoms with Crippen LogP contribution in [0.1, 0.15) is 13.8 Å². The summed E-state index contributed by atoms with van der Waals surface area (Å²) >= 11 is 0. The highest BCUT2D eigenvalue weighted by Gasteiger charge is 2.23. The van der Waals surface area contributed by atoms with Crippen LogP contribution < -0.4 is 15.8 Å². The summed E-state index contributed by atoms with van der Waals surface area (Å²) in [5, 5.41) is 2.86. The largest absolute Gasteiger partial charge is 0.494 e. The highest BCUT2D eigenvalue weighted by molar-refractivity contribution is 5.96. The van der Waals surface area contributed by atoms with Crippen molar-refractivity contribution in [3.05, 3.63) is 18.2 Å². The minimum absolute atomic E-state index is 0.108. The quantitative estimate of drug-likeness (QED) is 0.747. The molecule has 0 fully saturated rings. The number of methoxy groups -OCH3 is 2. The molecule has 21 heavy (non-hydrogen) atoms. The number of carbonyl (C=O) groups is 1. The van der Waals surface area contributed by atoms with Crippen molar-refractivity contribution in [2.45, 2.75) is 25.9 Å². The summed E-state index contributed by atoms with van der Waals surface area (Å²) in [6.45, 7) is 4.43. The number of likely N-dealkylation sites (N-methyl/N-ethyl adjacent to an activating group) is 1. The van der Waals surface area contributed by atoms with E-state index in [1.807, 2.05) is 25.8 Å². The average molecular weight is 295 g/mol. The van der Waals surface area contributed by atoms with E-state index in [1.54, 1.807) is 32.4 Å². The normalized spacial score (nSPS) is 13.8. The van der Waals surface area contributed by atoms with E-state index in [9.17, 15) is 4.79 Å². The van der Waals surface area contributed by atoms with E-state index in [-0.39, 0.29) is 18.0 Å². The highest BCUT2D eigenvalue weighted by atomic mass is 16.5. The molecular weight excluding hydrogens is 270 g/mol. The van der Waals surface area contributed by atoms with Crippen LogP contribution in [0.15, 0.2) is 18.2 Å². The van der Waals surface area contributed by atoms with E-state index in [2.05, 4.69) is 5.32 Å². The molecule has 0 spiro atoms. The zero-order valence-electron chi connectivity index (χ0n) is 13.3. The molecule has 3 N–H and O–H groups in total. The van der Waals surface area contributed by atoms with Crippen molar-refractivity contribution in [2.75, 3.05) is 38.9 Å². The molecule has 0 aliphatic carbocycles. The van der Waals surface area contributed by atoms with Gasteiger partial charge in [-0.3, -0.25) is 9.69 Å². The maximum Gasteiger partial charge on any atom is 0.241 e. The van der Waals surface area contributed by atoms with E-state index in [1.165, 1.54) is 0 Å². The van der Waals surface area contributed by atoms with Crippen LogP contribution in [0, 0.1) is 0 Å². The van der Waals surface area contributed by atoms with Gasteiger partial charge in [0.15, 0.2) is 0 Å². The van der Waals surface area contributed by atoms with E-state index in [0.717, 1.165) is 0 Å². The molecule has 1 aromatic carbocycles. The van der Waals surface area contributed by atoms with Gasteiger partial charge in [-0.1, -0.05) is 0 Å². The fourth-order valence-corrected chi connectivity index (χ4v) is 1.97. The molecule has 0 saturated carbocycles. The molecular formula is C15H25N3O3. The Morgan fingerprint density at radius 2 is 2.05 bits per heavy atom.